The Morgan fingerprint density at radius 2 is 2.12 bits per heavy atom. The molecule has 0 aliphatic rings. The van der Waals surface area contributed by atoms with Crippen LogP contribution >= 0.6 is 23.4 Å². The predicted octanol–water partition coefficient (Wildman–Crippen LogP) is 4.01. The molecular formula is C15H11ClN3O4S+. The van der Waals surface area contributed by atoms with Crippen LogP contribution in [-0.2, 0) is 4.79 Å². The lowest BCUT2D eigenvalue weighted by molar-refractivity contribution is -0.729. The molecule has 122 valence electrons. The lowest BCUT2D eigenvalue weighted by atomic mass is 10.2. The van der Waals surface area contributed by atoms with Gasteiger partial charge in [0, 0.05) is 11.1 Å². The maximum Gasteiger partial charge on any atom is 0.341 e. The Bertz CT molecular complexity index is 895. The predicted molar refractivity (Wildman–Crippen MR) is 89.9 cm³/mol. The Labute approximate surface area is 145 Å². The summed E-state index contributed by atoms with van der Waals surface area (Å²) in [6.07, 6.45) is 0. The minimum absolute atomic E-state index is 0.0270. The summed E-state index contributed by atoms with van der Waals surface area (Å²) in [6.45, 7) is 0. The third-order valence-corrected chi connectivity index (χ3v) is 4.10. The van der Waals surface area contributed by atoms with Gasteiger partial charge in [0.25, 0.3) is 10.1 Å². The molecule has 24 heavy (non-hydrogen) atoms. The molecular weight excluding hydrogens is 354 g/mol. The van der Waals surface area contributed by atoms with Gasteiger partial charge in [-0.05, 0) is 24.3 Å². The van der Waals surface area contributed by atoms with Crippen molar-refractivity contribution in [3.8, 4) is 0 Å². The molecule has 1 aromatic heterocycles. The third-order valence-electron chi connectivity index (χ3n) is 3.04. The average molecular weight is 365 g/mol. The number of nitrogens with one attached hydrogen (secondary N) is 1. The molecule has 3 aromatic rings. The molecule has 7 nitrogen and oxygen atoms in total. The van der Waals surface area contributed by atoms with E-state index in [4.69, 9.17) is 21.2 Å². The number of para-hydroxylation sites is 2. The van der Waals surface area contributed by atoms with Crippen LogP contribution in [0, 0.1) is 4.91 Å². The van der Waals surface area contributed by atoms with Crippen molar-refractivity contribution in [2.45, 2.75) is 5.22 Å². The van der Waals surface area contributed by atoms with Crippen LogP contribution in [-0.4, -0.2) is 26.8 Å². The highest BCUT2D eigenvalue weighted by Crippen LogP contribution is 2.28. The second-order valence-electron chi connectivity index (χ2n) is 4.72. The van der Waals surface area contributed by atoms with Gasteiger partial charge < -0.3 is 9.73 Å². The van der Waals surface area contributed by atoms with Crippen molar-refractivity contribution in [3.63, 3.8) is 0 Å². The molecule has 0 radical (unpaired) electrons. The van der Waals surface area contributed by atoms with Crippen molar-refractivity contribution in [2.75, 3.05) is 11.1 Å². The first-order valence-electron chi connectivity index (χ1n) is 6.77. The molecule has 0 aliphatic heterocycles. The number of oxazole rings is 1. The van der Waals surface area contributed by atoms with Crippen molar-refractivity contribution in [1.82, 2.24) is 4.98 Å². The Morgan fingerprint density at radius 1 is 1.33 bits per heavy atom. The van der Waals surface area contributed by atoms with Crippen LogP contribution in [0.1, 0.15) is 0 Å². The van der Waals surface area contributed by atoms with Crippen LogP contribution in [0.3, 0.4) is 0 Å². The van der Waals surface area contributed by atoms with Gasteiger partial charge in [-0.15, -0.1) is 0 Å². The highest BCUT2D eigenvalue weighted by atomic mass is 35.5. The standard InChI is InChI=1S/C15H10ClN3O4S/c16-9-5-6-10(12(7-9)19(21)22)17-14(20)8-24-15-18-11-3-1-2-4-13(11)23-15/h1-7H,8H2,(H-,17,20,21,22)/p+1. The molecule has 0 spiro atoms. The smallest absolute Gasteiger partial charge is 0.341 e. The quantitative estimate of drug-likeness (QED) is 0.524. The van der Waals surface area contributed by atoms with Gasteiger partial charge in [0.1, 0.15) is 11.2 Å². The summed E-state index contributed by atoms with van der Waals surface area (Å²) in [6, 6.07) is 11.5. The van der Waals surface area contributed by atoms with Crippen molar-refractivity contribution in [1.29, 1.82) is 0 Å². The van der Waals surface area contributed by atoms with Gasteiger partial charge in [-0.3, -0.25) is 4.79 Å². The summed E-state index contributed by atoms with van der Waals surface area (Å²) >= 11 is 6.88. The van der Waals surface area contributed by atoms with Gasteiger partial charge in [-0.1, -0.05) is 35.5 Å². The van der Waals surface area contributed by atoms with Crippen LogP contribution in [0.5, 0.6) is 0 Å². The highest BCUT2D eigenvalue weighted by Gasteiger charge is 2.21. The topological polar surface area (TPSA) is 95.4 Å². The van der Waals surface area contributed by atoms with E-state index in [0.29, 0.717) is 16.3 Å². The lowest BCUT2D eigenvalue weighted by Crippen LogP contribution is -2.15. The second-order valence-corrected chi connectivity index (χ2v) is 6.08. The first-order chi connectivity index (χ1) is 11.5. The number of benzene rings is 2. The number of hydrogen-bond acceptors (Lipinski definition) is 5. The lowest BCUT2D eigenvalue weighted by Gasteiger charge is -2.03. The molecule has 3 rings (SSSR count). The molecule has 1 heterocycles. The summed E-state index contributed by atoms with van der Waals surface area (Å²) in [5, 5.41) is 12.2. The van der Waals surface area contributed by atoms with E-state index in [-0.39, 0.29) is 33.0 Å². The number of halogens is 1. The number of aromatic nitrogens is 1. The fourth-order valence-electron chi connectivity index (χ4n) is 2.00. The SMILES string of the molecule is O=C(CSc1nc2ccccc2o1)Nc1ccc(Cl)cc1[N+](=O)O. The molecule has 0 fully saturated rings. The number of rotatable bonds is 5. The van der Waals surface area contributed by atoms with Crippen molar-refractivity contribution < 1.29 is 19.3 Å². The van der Waals surface area contributed by atoms with E-state index in [2.05, 4.69) is 10.3 Å². The van der Waals surface area contributed by atoms with Crippen LogP contribution in [0.25, 0.3) is 11.1 Å². The first-order valence-corrected chi connectivity index (χ1v) is 8.13. The summed E-state index contributed by atoms with van der Waals surface area (Å²) in [5.74, 6) is -0.355. The summed E-state index contributed by atoms with van der Waals surface area (Å²) in [4.78, 5) is 27.0. The van der Waals surface area contributed by atoms with E-state index >= 15 is 0 Å². The molecule has 0 saturated carbocycles. The van der Waals surface area contributed by atoms with Crippen LogP contribution in [0.2, 0.25) is 5.02 Å². The Balaban J connectivity index is 1.66. The molecule has 0 saturated heterocycles. The number of carbonyl (C=O) groups is 1. The van der Waals surface area contributed by atoms with Gasteiger partial charge >= 0.3 is 5.69 Å². The van der Waals surface area contributed by atoms with Crippen LogP contribution < -0.4 is 5.32 Å². The van der Waals surface area contributed by atoms with E-state index in [1.807, 2.05) is 18.2 Å². The highest BCUT2D eigenvalue weighted by molar-refractivity contribution is 7.99. The number of thioether (sulfide) groups is 1. The molecule has 9 heteroatoms. The van der Waals surface area contributed by atoms with Crippen molar-refractivity contribution in [2.24, 2.45) is 0 Å². The number of hydrogen-bond donors (Lipinski definition) is 2. The minimum atomic E-state index is -0.382. The van der Waals surface area contributed by atoms with Gasteiger partial charge in [0.15, 0.2) is 5.58 Å². The van der Waals surface area contributed by atoms with Crippen LogP contribution in [0.15, 0.2) is 52.1 Å². The zero-order valence-electron chi connectivity index (χ0n) is 12.1. The second kappa shape index (κ2) is 6.90. The molecule has 0 unspecified atom stereocenters. The number of anilines is 1. The maximum absolute atomic E-state index is 12.0. The number of carbonyl (C=O) groups excluding carboxylic acids is 1. The molecule has 0 aliphatic carbocycles. The normalized spacial score (nSPS) is 10.7. The van der Waals surface area contributed by atoms with Gasteiger partial charge in [-0.25, -0.2) is 10.2 Å². The molecule has 0 atom stereocenters. The average Bonchev–Trinajstić information content (AvgIpc) is 2.97. The van der Waals surface area contributed by atoms with Crippen LogP contribution in [0.4, 0.5) is 11.4 Å². The monoisotopic (exact) mass is 364 g/mol. The fourth-order valence-corrected chi connectivity index (χ4v) is 2.80. The van der Waals surface area contributed by atoms with E-state index < -0.39 is 0 Å². The van der Waals surface area contributed by atoms with E-state index in [1.54, 1.807) is 6.07 Å². The van der Waals surface area contributed by atoms with Crippen molar-refractivity contribution in [3.05, 3.63) is 52.4 Å². The molecule has 1 amide bonds. The molecule has 2 aromatic carbocycles. The summed E-state index contributed by atoms with van der Waals surface area (Å²) in [5.41, 5.74) is 1.35. The number of amides is 1. The first kappa shape index (κ1) is 16.3. The van der Waals surface area contributed by atoms with Crippen molar-refractivity contribution >= 4 is 51.7 Å². The fraction of sp³-hybridized carbons (Fsp3) is 0.0667. The van der Waals surface area contributed by atoms with Gasteiger partial charge in [0.05, 0.1) is 10.7 Å². The largest absolute Gasteiger partial charge is 0.431 e. The Kier molecular flexibility index (Phi) is 4.68. The minimum Gasteiger partial charge on any atom is -0.431 e. The number of nitrogens with zero attached hydrogens (tertiary/aromatic N) is 2. The summed E-state index contributed by atoms with van der Waals surface area (Å²) in [7, 11) is 0. The zero-order valence-corrected chi connectivity index (χ0v) is 13.7. The third kappa shape index (κ3) is 3.66. The Hall–Kier alpha value is -2.58. The Morgan fingerprint density at radius 3 is 2.88 bits per heavy atom. The zero-order chi connectivity index (χ0) is 17.1. The molecule has 2 N–H and O–H groups in total. The van der Waals surface area contributed by atoms with E-state index in [0.717, 1.165) is 11.8 Å². The number of fused-ring (bicyclic) bond motifs is 1. The van der Waals surface area contributed by atoms with Gasteiger partial charge in [-0.2, -0.15) is 0 Å². The maximum atomic E-state index is 12.0. The molecule has 0 bridgehead atoms. The van der Waals surface area contributed by atoms with E-state index in [1.165, 1.54) is 18.2 Å². The van der Waals surface area contributed by atoms with E-state index in [9.17, 15) is 9.70 Å². The summed E-state index contributed by atoms with van der Waals surface area (Å²) < 4.78 is 5.50. The van der Waals surface area contributed by atoms with Gasteiger partial charge in [0.2, 0.25) is 5.91 Å².